The van der Waals surface area contributed by atoms with Gasteiger partial charge in [0.1, 0.15) is 11.0 Å². The molecule has 0 atom stereocenters. The summed E-state index contributed by atoms with van der Waals surface area (Å²) in [4.78, 5) is 7.92. The third kappa shape index (κ3) is 2.61. The van der Waals surface area contributed by atoms with Gasteiger partial charge in [0.05, 0.1) is 5.56 Å². The quantitative estimate of drug-likeness (QED) is 0.730. The molecular formula is C12H8ClF3N2. The minimum Gasteiger partial charge on any atom is -0.241 e. The first kappa shape index (κ1) is 12.8. The molecule has 0 spiro atoms. The number of halogens is 4. The second kappa shape index (κ2) is 4.57. The lowest BCUT2D eigenvalue weighted by atomic mass is 10.1. The highest BCUT2D eigenvalue weighted by Crippen LogP contribution is 2.32. The van der Waals surface area contributed by atoms with Crippen molar-refractivity contribution in [2.45, 2.75) is 13.1 Å². The molecule has 0 saturated heterocycles. The van der Waals surface area contributed by atoms with Crippen LogP contribution in [0.1, 0.15) is 11.4 Å². The first-order valence-corrected chi connectivity index (χ1v) is 5.42. The van der Waals surface area contributed by atoms with Crippen LogP contribution in [0.2, 0.25) is 5.15 Å². The van der Waals surface area contributed by atoms with Gasteiger partial charge in [0, 0.05) is 11.8 Å². The maximum atomic E-state index is 12.4. The number of alkyl halides is 3. The van der Waals surface area contributed by atoms with Crippen LogP contribution in [0.25, 0.3) is 11.1 Å². The summed E-state index contributed by atoms with van der Waals surface area (Å²) in [6.45, 7) is 1.68. The van der Waals surface area contributed by atoms with Crippen LogP contribution >= 0.6 is 11.6 Å². The maximum absolute atomic E-state index is 12.4. The fourth-order valence-corrected chi connectivity index (χ4v) is 1.76. The second-order valence-corrected chi connectivity index (χ2v) is 4.05. The Balaban J connectivity index is 2.41. The van der Waals surface area contributed by atoms with Crippen LogP contribution in [0.3, 0.4) is 0 Å². The normalized spacial score (nSPS) is 11.6. The van der Waals surface area contributed by atoms with Gasteiger partial charge in [-0.1, -0.05) is 23.7 Å². The summed E-state index contributed by atoms with van der Waals surface area (Å²) in [6, 6.07) is 4.71. The molecule has 0 aliphatic heterocycles. The summed E-state index contributed by atoms with van der Waals surface area (Å²) in [6.07, 6.45) is -2.85. The van der Waals surface area contributed by atoms with E-state index in [1.807, 2.05) is 0 Å². The van der Waals surface area contributed by atoms with Crippen molar-refractivity contribution in [2.75, 3.05) is 0 Å². The Kier molecular flexibility index (Phi) is 3.26. The predicted molar refractivity (Wildman–Crippen MR) is 62.2 cm³/mol. The summed E-state index contributed by atoms with van der Waals surface area (Å²) in [7, 11) is 0. The van der Waals surface area contributed by atoms with Gasteiger partial charge in [-0.05, 0) is 24.6 Å². The zero-order valence-electron chi connectivity index (χ0n) is 9.29. The first-order chi connectivity index (χ1) is 8.38. The van der Waals surface area contributed by atoms with Crippen molar-refractivity contribution in [1.82, 2.24) is 9.97 Å². The first-order valence-electron chi connectivity index (χ1n) is 5.04. The molecule has 2 aromatic rings. The molecule has 0 aliphatic carbocycles. The monoisotopic (exact) mass is 272 g/mol. The third-order valence-corrected chi connectivity index (χ3v) is 2.67. The Morgan fingerprint density at radius 2 is 1.72 bits per heavy atom. The highest BCUT2D eigenvalue weighted by Gasteiger charge is 2.30. The number of aryl methyl sites for hydroxylation is 1. The Morgan fingerprint density at radius 3 is 2.22 bits per heavy atom. The van der Waals surface area contributed by atoms with E-state index in [4.69, 9.17) is 11.6 Å². The minimum atomic E-state index is -4.34. The predicted octanol–water partition coefficient (Wildman–Crippen LogP) is 4.12. The van der Waals surface area contributed by atoms with Gasteiger partial charge in [0.15, 0.2) is 0 Å². The number of rotatable bonds is 1. The van der Waals surface area contributed by atoms with E-state index in [-0.39, 0.29) is 5.15 Å². The average Bonchev–Trinajstić information content (AvgIpc) is 2.28. The van der Waals surface area contributed by atoms with Crippen LogP contribution in [0.15, 0.2) is 30.5 Å². The summed E-state index contributed by atoms with van der Waals surface area (Å²) < 4.78 is 37.2. The largest absolute Gasteiger partial charge is 0.416 e. The lowest BCUT2D eigenvalue weighted by molar-refractivity contribution is -0.137. The van der Waals surface area contributed by atoms with Crippen LogP contribution in [0.5, 0.6) is 0 Å². The van der Waals surface area contributed by atoms with E-state index in [0.717, 1.165) is 12.1 Å². The van der Waals surface area contributed by atoms with Gasteiger partial charge >= 0.3 is 6.18 Å². The molecule has 0 saturated carbocycles. The molecule has 1 aromatic carbocycles. The summed E-state index contributed by atoms with van der Waals surface area (Å²) in [5, 5.41) is 0.224. The van der Waals surface area contributed by atoms with Crippen molar-refractivity contribution in [3.8, 4) is 11.1 Å². The molecule has 0 bridgehead atoms. The van der Waals surface area contributed by atoms with Crippen molar-refractivity contribution in [1.29, 1.82) is 0 Å². The van der Waals surface area contributed by atoms with Crippen molar-refractivity contribution >= 4 is 11.6 Å². The van der Waals surface area contributed by atoms with Crippen LogP contribution in [-0.2, 0) is 6.18 Å². The molecule has 0 amide bonds. The lowest BCUT2D eigenvalue weighted by Crippen LogP contribution is -2.04. The Hall–Kier alpha value is -1.62. The van der Waals surface area contributed by atoms with Crippen molar-refractivity contribution in [3.63, 3.8) is 0 Å². The molecule has 0 aliphatic rings. The fraction of sp³-hybridized carbons (Fsp3) is 0.167. The standard InChI is InChI=1S/C12H8ClF3N2/c1-7-17-6-10(11(13)18-7)8-2-4-9(5-3-8)12(14,15)16/h2-6H,1H3. The van der Waals surface area contributed by atoms with Crippen molar-refractivity contribution in [2.24, 2.45) is 0 Å². The highest BCUT2D eigenvalue weighted by atomic mass is 35.5. The fourth-order valence-electron chi connectivity index (χ4n) is 1.47. The van der Waals surface area contributed by atoms with E-state index in [9.17, 15) is 13.2 Å². The van der Waals surface area contributed by atoms with Gasteiger partial charge in [0.25, 0.3) is 0 Å². The minimum absolute atomic E-state index is 0.224. The SMILES string of the molecule is Cc1ncc(-c2ccc(C(F)(F)F)cc2)c(Cl)n1. The van der Waals surface area contributed by atoms with Gasteiger partial charge in [-0.15, -0.1) is 0 Å². The van der Waals surface area contributed by atoms with Gasteiger partial charge < -0.3 is 0 Å². The molecule has 0 N–H and O–H groups in total. The van der Waals surface area contributed by atoms with E-state index in [0.29, 0.717) is 17.0 Å². The number of benzene rings is 1. The molecule has 94 valence electrons. The number of nitrogens with zero attached hydrogens (tertiary/aromatic N) is 2. The maximum Gasteiger partial charge on any atom is 0.416 e. The number of hydrogen-bond donors (Lipinski definition) is 0. The van der Waals surface area contributed by atoms with Crippen molar-refractivity contribution < 1.29 is 13.2 Å². The van der Waals surface area contributed by atoms with Crippen LogP contribution in [-0.4, -0.2) is 9.97 Å². The summed E-state index contributed by atoms with van der Waals surface area (Å²) in [5.74, 6) is 0.510. The van der Waals surface area contributed by atoms with Crippen LogP contribution in [0.4, 0.5) is 13.2 Å². The number of hydrogen-bond acceptors (Lipinski definition) is 2. The lowest BCUT2D eigenvalue weighted by Gasteiger charge is -2.08. The second-order valence-electron chi connectivity index (χ2n) is 3.70. The molecule has 0 radical (unpaired) electrons. The number of aromatic nitrogens is 2. The zero-order valence-corrected chi connectivity index (χ0v) is 10.0. The van der Waals surface area contributed by atoms with Crippen molar-refractivity contribution in [3.05, 3.63) is 47.0 Å². The molecule has 1 aromatic heterocycles. The summed E-state index contributed by atoms with van der Waals surface area (Å²) in [5.41, 5.74) is 0.361. The van der Waals surface area contributed by atoms with E-state index >= 15 is 0 Å². The zero-order chi connectivity index (χ0) is 13.3. The van der Waals surface area contributed by atoms with Gasteiger partial charge in [-0.3, -0.25) is 0 Å². The topological polar surface area (TPSA) is 25.8 Å². The Morgan fingerprint density at radius 1 is 1.11 bits per heavy atom. The van der Waals surface area contributed by atoms with Crippen LogP contribution in [0, 0.1) is 6.92 Å². The molecule has 6 heteroatoms. The highest BCUT2D eigenvalue weighted by molar-refractivity contribution is 6.32. The van der Waals surface area contributed by atoms with Gasteiger partial charge in [-0.25, -0.2) is 9.97 Å². The molecule has 1 heterocycles. The summed E-state index contributed by atoms with van der Waals surface area (Å²) >= 11 is 5.92. The van der Waals surface area contributed by atoms with E-state index < -0.39 is 11.7 Å². The molecule has 0 fully saturated rings. The Bertz CT molecular complexity index is 565. The van der Waals surface area contributed by atoms with Crippen LogP contribution < -0.4 is 0 Å². The molecule has 2 rings (SSSR count). The van der Waals surface area contributed by atoms with E-state index in [1.54, 1.807) is 6.92 Å². The molecule has 2 nitrogen and oxygen atoms in total. The van der Waals surface area contributed by atoms with Gasteiger partial charge in [0.2, 0.25) is 0 Å². The van der Waals surface area contributed by atoms with E-state index in [2.05, 4.69) is 9.97 Å². The molecule has 0 unspecified atom stereocenters. The average molecular weight is 273 g/mol. The van der Waals surface area contributed by atoms with Gasteiger partial charge in [-0.2, -0.15) is 13.2 Å². The molecule has 18 heavy (non-hydrogen) atoms. The third-order valence-electron chi connectivity index (χ3n) is 2.39. The smallest absolute Gasteiger partial charge is 0.241 e. The Labute approximate surface area is 106 Å². The molecular weight excluding hydrogens is 265 g/mol. The van der Waals surface area contributed by atoms with E-state index in [1.165, 1.54) is 18.3 Å².